The molecule has 0 amide bonds. The lowest BCUT2D eigenvalue weighted by atomic mass is 10.2. The van der Waals surface area contributed by atoms with Crippen molar-refractivity contribution >= 4 is 6.29 Å². The molecule has 1 aromatic heterocycles. The largest absolute Gasteiger partial charge is 0.329 e. The molecule has 0 saturated heterocycles. The molecule has 0 spiro atoms. The first-order valence-corrected chi connectivity index (χ1v) is 3.64. The van der Waals surface area contributed by atoms with Crippen LogP contribution in [0, 0.1) is 0 Å². The fourth-order valence-electron chi connectivity index (χ4n) is 0.827. The Labute approximate surface area is 70.6 Å². The van der Waals surface area contributed by atoms with Gasteiger partial charge in [-0.1, -0.05) is 0 Å². The number of hydrogen-bond acceptors (Lipinski definition) is 4. The molecule has 0 aliphatic rings. The van der Waals surface area contributed by atoms with Gasteiger partial charge in [-0.3, -0.25) is 9.78 Å². The maximum atomic E-state index is 10.3. The molecular weight excluding hydrogens is 154 g/mol. The summed E-state index contributed by atoms with van der Waals surface area (Å²) in [5.41, 5.74) is 12.2. The Morgan fingerprint density at radius 3 is 2.75 bits per heavy atom. The number of aldehydes is 1. The Hall–Kier alpha value is -1.26. The highest BCUT2D eigenvalue weighted by Gasteiger charge is 2.03. The van der Waals surface area contributed by atoms with Crippen LogP contribution in [-0.4, -0.2) is 17.8 Å². The van der Waals surface area contributed by atoms with Gasteiger partial charge in [-0.25, -0.2) is 0 Å². The van der Waals surface area contributed by atoms with E-state index in [0.717, 1.165) is 6.29 Å². The predicted molar refractivity (Wildman–Crippen MR) is 45.6 cm³/mol. The van der Waals surface area contributed by atoms with Crippen molar-refractivity contribution in [2.45, 2.75) is 6.04 Å². The highest BCUT2D eigenvalue weighted by atomic mass is 16.1. The maximum absolute atomic E-state index is 10.3. The number of aromatic nitrogens is 1. The second-order valence-corrected chi connectivity index (χ2v) is 2.48. The maximum Gasteiger partial charge on any atom is 0.151 e. The molecule has 0 aliphatic heterocycles. The third kappa shape index (κ3) is 1.87. The van der Waals surface area contributed by atoms with Crippen LogP contribution in [0.15, 0.2) is 18.3 Å². The second-order valence-electron chi connectivity index (χ2n) is 2.48. The Balaban J connectivity index is 2.84. The van der Waals surface area contributed by atoms with Crippen LogP contribution in [0.1, 0.15) is 22.1 Å². The molecule has 1 aromatic rings. The van der Waals surface area contributed by atoms with Crippen LogP contribution in [-0.2, 0) is 0 Å². The third-order valence-electron chi connectivity index (χ3n) is 1.58. The molecule has 0 aromatic carbocycles. The van der Waals surface area contributed by atoms with Crippen molar-refractivity contribution in [1.29, 1.82) is 0 Å². The van der Waals surface area contributed by atoms with E-state index in [-0.39, 0.29) is 6.04 Å². The summed E-state index contributed by atoms with van der Waals surface area (Å²) in [4.78, 5) is 14.2. The van der Waals surface area contributed by atoms with E-state index in [1.54, 1.807) is 12.1 Å². The predicted octanol–water partition coefficient (Wildman–Crippen LogP) is -0.147. The van der Waals surface area contributed by atoms with E-state index in [1.165, 1.54) is 6.20 Å². The van der Waals surface area contributed by atoms with Gasteiger partial charge in [0, 0.05) is 18.3 Å². The van der Waals surface area contributed by atoms with Gasteiger partial charge in [-0.15, -0.1) is 0 Å². The molecular formula is C8H11N3O. The van der Waals surface area contributed by atoms with Gasteiger partial charge >= 0.3 is 0 Å². The van der Waals surface area contributed by atoms with Gasteiger partial charge in [-0.05, 0) is 12.1 Å². The van der Waals surface area contributed by atoms with Crippen molar-refractivity contribution in [3.8, 4) is 0 Å². The molecule has 0 saturated carbocycles. The fraction of sp³-hybridized carbons (Fsp3) is 0.250. The quantitative estimate of drug-likeness (QED) is 0.610. The lowest BCUT2D eigenvalue weighted by molar-refractivity contribution is 0.112. The van der Waals surface area contributed by atoms with Gasteiger partial charge in [0.1, 0.15) is 0 Å². The van der Waals surface area contributed by atoms with E-state index in [2.05, 4.69) is 4.98 Å². The molecule has 64 valence electrons. The van der Waals surface area contributed by atoms with Gasteiger partial charge in [0.15, 0.2) is 6.29 Å². The lowest BCUT2D eigenvalue weighted by Crippen LogP contribution is -2.21. The van der Waals surface area contributed by atoms with Crippen molar-refractivity contribution in [3.05, 3.63) is 29.6 Å². The minimum atomic E-state index is -0.245. The minimum Gasteiger partial charge on any atom is -0.329 e. The van der Waals surface area contributed by atoms with Crippen LogP contribution in [0.25, 0.3) is 0 Å². The molecule has 0 bridgehead atoms. The van der Waals surface area contributed by atoms with E-state index in [4.69, 9.17) is 11.5 Å². The van der Waals surface area contributed by atoms with Crippen LogP contribution < -0.4 is 11.5 Å². The van der Waals surface area contributed by atoms with E-state index in [9.17, 15) is 4.79 Å². The molecule has 0 fully saturated rings. The number of nitrogens with two attached hydrogens (primary N) is 2. The summed E-state index contributed by atoms with van der Waals surface area (Å²) >= 11 is 0. The molecule has 0 aliphatic carbocycles. The van der Waals surface area contributed by atoms with Crippen molar-refractivity contribution in [2.75, 3.05) is 6.54 Å². The second kappa shape index (κ2) is 3.94. The molecule has 1 rings (SSSR count). The first-order chi connectivity index (χ1) is 5.77. The Bertz CT molecular complexity index is 258. The van der Waals surface area contributed by atoms with Gasteiger partial charge in [-0.2, -0.15) is 0 Å². The molecule has 4 heteroatoms. The van der Waals surface area contributed by atoms with E-state index < -0.39 is 0 Å². The normalized spacial score (nSPS) is 12.5. The number of rotatable bonds is 3. The minimum absolute atomic E-state index is 0.245. The topological polar surface area (TPSA) is 82.0 Å². The number of carbonyl (C=O) groups is 1. The van der Waals surface area contributed by atoms with Gasteiger partial charge in [0.25, 0.3) is 0 Å². The van der Waals surface area contributed by atoms with Crippen LogP contribution in [0.4, 0.5) is 0 Å². The zero-order valence-corrected chi connectivity index (χ0v) is 6.60. The van der Waals surface area contributed by atoms with E-state index in [1.807, 2.05) is 0 Å². The Morgan fingerprint density at radius 1 is 1.58 bits per heavy atom. The summed E-state index contributed by atoms with van der Waals surface area (Å²) in [7, 11) is 0. The number of nitrogens with zero attached hydrogens (tertiary/aromatic N) is 1. The van der Waals surface area contributed by atoms with Gasteiger partial charge in [0.2, 0.25) is 0 Å². The average Bonchev–Trinajstić information content (AvgIpc) is 2.17. The van der Waals surface area contributed by atoms with Crippen LogP contribution in [0.3, 0.4) is 0 Å². The summed E-state index contributed by atoms with van der Waals surface area (Å²) in [5.74, 6) is 0. The third-order valence-corrected chi connectivity index (χ3v) is 1.58. The SMILES string of the molecule is NC[C@@H](N)c1ccc(C=O)cn1. The molecule has 1 atom stereocenters. The molecule has 4 nitrogen and oxygen atoms in total. The Kier molecular flexibility index (Phi) is 2.90. The first-order valence-electron chi connectivity index (χ1n) is 3.64. The molecule has 1 heterocycles. The average molecular weight is 165 g/mol. The first kappa shape index (κ1) is 8.83. The number of hydrogen-bond donors (Lipinski definition) is 2. The summed E-state index contributed by atoms with van der Waals surface area (Å²) in [5, 5.41) is 0. The highest BCUT2D eigenvalue weighted by molar-refractivity contribution is 5.73. The Morgan fingerprint density at radius 2 is 2.33 bits per heavy atom. The van der Waals surface area contributed by atoms with Crippen LogP contribution in [0.5, 0.6) is 0 Å². The monoisotopic (exact) mass is 165 g/mol. The van der Waals surface area contributed by atoms with Crippen LogP contribution in [0.2, 0.25) is 0 Å². The summed E-state index contributed by atoms with van der Waals surface area (Å²) in [6, 6.07) is 3.14. The molecule has 12 heavy (non-hydrogen) atoms. The summed E-state index contributed by atoms with van der Waals surface area (Å²) in [6.45, 7) is 0.355. The van der Waals surface area contributed by atoms with E-state index in [0.29, 0.717) is 17.8 Å². The summed E-state index contributed by atoms with van der Waals surface area (Å²) < 4.78 is 0. The molecule has 4 N–H and O–H groups in total. The van der Waals surface area contributed by atoms with Crippen molar-refractivity contribution < 1.29 is 4.79 Å². The summed E-state index contributed by atoms with van der Waals surface area (Å²) in [6.07, 6.45) is 2.22. The zero-order chi connectivity index (χ0) is 8.97. The van der Waals surface area contributed by atoms with Gasteiger partial charge < -0.3 is 11.5 Å². The fourth-order valence-corrected chi connectivity index (χ4v) is 0.827. The van der Waals surface area contributed by atoms with E-state index >= 15 is 0 Å². The van der Waals surface area contributed by atoms with Gasteiger partial charge in [0.05, 0.1) is 11.7 Å². The van der Waals surface area contributed by atoms with Crippen molar-refractivity contribution in [1.82, 2.24) is 4.98 Å². The molecule has 0 unspecified atom stereocenters. The number of pyridine rings is 1. The highest BCUT2D eigenvalue weighted by Crippen LogP contribution is 2.04. The van der Waals surface area contributed by atoms with Crippen molar-refractivity contribution in [3.63, 3.8) is 0 Å². The van der Waals surface area contributed by atoms with Crippen molar-refractivity contribution in [2.24, 2.45) is 11.5 Å². The standard InChI is InChI=1S/C8H11N3O/c9-3-7(10)8-2-1-6(5-12)4-11-8/h1-2,4-5,7H,3,9-10H2/t7-/m1/s1. The lowest BCUT2D eigenvalue weighted by Gasteiger charge is -2.06. The zero-order valence-electron chi connectivity index (χ0n) is 6.60. The van der Waals surface area contributed by atoms with Crippen LogP contribution >= 0.6 is 0 Å². The molecule has 0 radical (unpaired) electrons. The smallest absolute Gasteiger partial charge is 0.151 e. The number of carbonyl (C=O) groups excluding carboxylic acids is 1.